The summed E-state index contributed by atoms with van der Waals surface area (Å²) in [6, 6.07) is 9.34. The average molecular weight is 452 g/mol. The molecule has 1 aromatic heterocycles. The van der Waals surface area contributed by atoms with Crippen LogP contribution in [0.2, 0.25) is 5.02 Å². The smallest absolute Gasteiger partial charge is 0.320 e. The first-order valence-corrected chi connectivity index (χ1v) is 12.2. The quantitative estimate of drug-likeness (QED) is 0.415. The summed E-state index contributed by atoms with van der Waals surface area (Å²) < 4.78 is 12.9. The van der Waals surface area contributed by atoms with E-state index in [1.807, 2.05) is 35.2 Å². The summed E-state index contributed by atoms with van der Waals surface area (Å²) in [5.41, 5.74) is 8.40. The number of nitrogens with two attached hydrogens (primary N) is 1. The topological polar surface area (TPSA) is 117 Å². The van der Waals surface area contributed by atoms with Crippen LogP contribution in [0.4, 0.5) is 0 Å². The van der Waals surface area contributed by atoms with Gasteiger partial charge in [-0.15, -0.1) is 0 Å². The van der Waals surface area contributed by atoms with E-state index >= 15 is 0 Å². The van der Waals surface area contributed by atoms with Crippen LogP contribution in [0, 0.1) is 0 Å². The molecule has 1 saturated heterocycles. The van der Waals surface area contributed by atoms with E-state index in [2.05, 4.69) is 4.98 Å². The molecule has 1 aliphatic rings. The zero-order valence-corrected chi connectivity index (χ0v) is 18.4. The van der Waals surface area contributed by atoms with Gasteiger partial charge in [0, 0.05) is 48.8 Å². The number of hydrogen-bond donors (Lipinski definition) is 3. The number of carboxylic acids is 1. The normalized spacial score (nSPS) is 24.6. The SMILES string of the molecule is NCCCCC1(C(=O)O)CN(Cc2ccncc2-c2ccc(Cl)cc2)CCP1(=O)O. The van der Waals surface area contributed by atoms with Gasteiger partial charge in [0.15, 0.2) is 5.16 Å². The van der Waals surface area contributed by atoms with Crippen LogP contribution in [0.3, 0.4) is 0 Å². The number of halogens is 1. The van der Waals surface area contributed by atoms with Crippen LogP contribution < -0.4 is 5.73 Å². The van der Waals surface area contributed by atoms with Gasteiger partial charge in [0.25, 0.3) is 0 Å². The van der Waals surface area contributed by atoms with E-state index < -0.39 is 18.5 Å². The third kappa shape index (κ3) is 4.76. The van der Waals surface area contributed by atoms with Gasteiger partial charge in [-0.2, -0.15) is 0 Å². The summed E-state index contributed by atoms with van der Waals surface area (Å²) in [7, 11) is -3.85. The Morgan fingerprint density at radius 1 is 1.27 bits per heavy atom. The zero-order chi connectivity index (χ0) is 21.8. The van der Waals surface area contributed by atoms with E-state index in [-0.39, 0.29) is 19.1 Å². The van der Waals surface area contributed by atoms with Crippen molar-refractivity contribution >= 4 is 24.9 Å². The molecule has 0 radical (unpaired) electrons. The fourth-order valence-corrected chi connectivity index (χ4v) is 6.35. The van der Waals surface area contributed by atoms with Gasteiger partial charge >= 0.3 is 5.97 Å². The van der Waals surface area contributed by atoms with Crippen LogP contribution in [-0.2, 0) is 15.9 Å². The maximum absolute atomic E-state index is 12.9. The molecule has 4 N–H and O–H groups in total. The van der Waals surface area contributed by atoms with Crippen molar-refractivity contribution in [2.75, 3.05) is 25.8 Å². The minimum atomic E-state index is -3.85. The van der Waals surface area contributed by atoms with E-state index in [1.54, 1.807) is 12.4 Å². The summed E-state index contributed by atoms with van der Waals surface area (Å²) in [5.74, 6) is -1.21. The summed E-state index contributed by atoms with van der Waals surface area (Å²) in [4.78, 5) is 29.0. The Kier molecular flexibility index (Phi) is 7.32. The van der Waals surface area contributed by atoms with Crippen molar-refractivity contribution in [3.05, 3.63) is 53.3 Å². The van der Waals surface area contributed by atoms with E-state index in [0.29, 0.717) is 37.5 Å². The van der Waals surface area contributed by atoms with Gasteiger partial charge in [0.2, 0.25) is 7.37 Å². The minimum absolute atomic E-state index is 0.0308. The highest BCUT2D eigenvalue weighted by molar-refractivity contribution is 7.61. The average Bonchev–Trinajstić information content (AvgIpc) is 2.71. The van der Waals surface area contributed by atoms with Gasteiger partial charge in [0.05, 0.1) is 0 Å². The largest absolute Gasteiger partial charge is 0.480 e. The Balaban J connectivity index is 1.87. The molecule has 0 saturated carbocycles. The fourth-order valence-electron chi connectivity index (χ4n) is 4.02. The lowest BCUT2D eigenvalue weighted by atomic mass is 9.98. The summed E-state index contributed by atoms with van der Waals surface area (Å²) in [6.45, 7) is 1.29. The lowest BCUT2D eigenvalue weighted by Crippen LogP contribution is -2.53. The molecule has 0 aliphatic carbocycles. The second-order valence-corrected chi connectivity index (χ2v) is 10.9. The van der Waals surface area contributed by atoms with Gasteiger partial charge in [-0.25, -0.2) is 0 Å². The maximum atomic E-state index is 12.9. The third-order valence-electron chi connectivity index (χ3n) is 5.78. The van der Waals surface area contributed by atoms with E-state index in [0.717, 1.165) is 16.7 Å². The molecule has 7 nitrogen and oxygen atoms in total. The third-order valence-corrected chi connectivity index (χ3v) is 8.73. The van der Waals surface area contributed by atoms with Crippen molar-refractivity contribution in [2.24, 2.45) is 5.73 Å². The molecule has 1 aromatic carbocycles. The molecule has 0 amide bonds. The van der Waals surface area contributed by atoms with Crippen LogP contribution in [0.5, 0.6) is 0 Å². The first kappa shape index (κ1) is 22.9. The summed E-state index contributed by atoms with van der Waals surface area (Å²) in [6.07, 6.45) is 4.70. The second-order valence-electron chi connectivity index (χ2n) is 7.76. The Bertz CT molecular complexity index is 940. The Hall–Kier alpha value is -1.76. The number of pyridine rings is 1. The van der Waals surface area contributed by atoms with Crippen LogP contribution in [0.15, 0.2) is 42.7 Å². The Morgan fingerprint density at radius 2 is 2.00 bits per heavy atom. The van der Waals surface area contributed by atoms with Gasteiger partial charge in [-0.05, 0) is 48.7 Å². The highest BCUT2D eigenvalue weighted by Gasteiger charge is 2.56. The van der Waals surface area contributed by atoms with Gasteiger partial charge in [0.1, 0.15) is 0 Å². The van der Waals surface area contributed by atoms with Crippen LogP contribution in [-0.4, -0.2) is 56.8 Å². The molecule has 2 heterocycles. The first-order valence-electron chi connectivity index (χ1n) is 9.96. The molecule has 30 heavy (non-hydrogen) atoms. The molecule has 0 bridgehead atoms. The van der Waals surface area contributed by atoms with Gasteiger partial charge in [-0.3, -0.25) is 19.2 Å². The predicted octanol–water partition coefficient (Wildman–Crippen LogP) is 3.44. The minimum Gasteiger partial charge on any atom is -0.480 e. The number of aliphatic carboxylic acids is 1. The molecule has 3 rings (SSSR count). The number of carbonyl (C=O) groups is 1. The number of rotatable bonds is 8. The van der Waals surface area contributed by atoms with Gasteiger partial charge < -0.3 is 15.7 Å². The number of unbranched alkanes of at least 4 members (excludes halogenated alkanes) is 1. The monoisotopic (exact) mass is 451 g/mol. The number of nitrogens with zero attached hydrogens (tertiary/aromatic N) is 2. The molecule has 9 heteroatoms. The zero-order valence-electron chi connectivity index (χ0n) is 16.7. The Morgan fingerprint density at radius 3 is 2.67 bits per heavy atom. The molecule has 2 atom stereocenters. The predicted molar refractivity (Wildman–Crippen MR) is 118 cm³/mol. The van der Waals surface area contributed by atoms with Gasteiger partial charge in [-0.1, -0.05) is 30.2 Å². The van der Waals surface area contributed by atoms with E-state index in [1.165, 1.54) is 0 Å². The first-order chi connectivity index (χ1) is 14.3. The number of carboxylic acid groups (broad SMARTS) is 1. The molecule has 1 aliphatic heterocycles. The summed E-state index contributed by atoms with van der Waals surface area (Å²) in [5, 5.41) is 8.94. The number of hydrogen-bond acceptors (Lipinski definition) is 5. The maximum Gasteiger partial charge on any atom is 0.320 e. The number of aromatic nitrogens is 1. The molecule has 2 aromatic rings. The molecule has 162 valence electrons. The van der Waals surface area contributed by atoms with E-state index in [9.17, 15) is 19.4 Å². The molecule has 1 fully saturated rings. The Labute approximate surface area is 181 Å². The van der Waals surface area contributed by atoms with Crippen LogP contribution >= 0.6 is 19.0 Å². The van der Waals surface area contributed by atoms with Crippen molar-refractivity contribution in [2.45, 2.75) is 31.0 Å². The molecular weight excluding hydrogens is 425 g/mol. The summed E-state index contributed by atoms with van der Waals surface area (Å²) >= 11 is 6.00. The molecule has 0 spiro atoms. The van der Waals surface area contributed by atoms with Crippen LogP contribution in [0.25, 0.3) is 11.1 Å². The molecule has 2 unspecified atom stereocenters. The standard InChI is InChI=1S/C21H27ClN3O4P/c22-18-5-3-16(4-6-18)19-13-24-10-7-17(19)14-25-11-12-30(28,29)21(15-25,20(26)27)8-1-2-9-23/h3-7,10,13H,1-2,8-9,11-12,14-15,23H2,(H,26,27)(H,28,29). The van der Waals surface area contributed by atoms with Crippen molar-refractivity contribution < 1.29 is 19.4 Å². The fraction of sp³-hybridized carbons (Fsp3) is 0.429. The highest BCUT2D eigenvalue weighted by Crippen LogP contribution is 2.59. The van der Waals surface area contributed by atoms with Crippen LogP contribution in [0.1, 0.15) is 24.8 Å². The van der Waals surface area contributed by atoms with Crippen molar-refractivity contribution in [3.63, 3.8) is 0 Å². The highest BCUT2D eigenvalue weighted by atomic mass is 35.5. The van der Waals surface area contributed by atoms with E-state index in [4.69, 9.17) is 17.3 Å². The molecular formula is C21H27ClN3O4P. The lowest BCUT2D eigenvalue weighted by molar-refractivity contribution is -0.141. The van der Waals surface area contributed by atoms with Crippen molar-refractivity contribution in [1.29, 1.82) is 0 Å². The van der Waals surface area contributed by atoms with Crippen molar-refractivity contribution in [1.82, 2.24) is 9.88 Å². The van der Waals surface area contributed by atoms with Crippen molar-refractivity contribution in [3.8, 4) is 11.1 Å². The second kappa shape index (κ2) is 9.58. The number of benzene rings is 1. The lowest BCUT2D eigenvalue weighted by Gasteiger charge is -2.43.